The van der Waals surface area contributed by atoms with Gasteiger partial charge in [-0.15, -0.1) is 24.7 Å². The Hall–Kier alpha value is -1.77. The largest absolute Gasteiger partial charge is 4.00 e. The van der Waals surface area contributed by atoms with Gasteiger partial charge in [-0.2, -0.15) is 50.6 Å². The Kier molecular flexibility index (Phi) is 15.9. The van der Waals surface area contributed by atoms with Crippen LogP contribution in [-0.2, 0) is 38.2 Å². The number of allylic oxidation sites excluding steroid dienone is 2. The third kappa shape index (κ3) is 20.4. The molecule has 0 saturated heterocycles. The van der Waals surface area contributed by atoms with E-state index in [-0.39, 0.29) is 37.4 Å². The fourth-order valence-corrected chi connectivity index (χ4v) is 1.13. The molecule has 0 amide bonds. The molecule has 0 aliphatic carbocycles. The first-order chi connectivity index (χ1) is 11.7. The van der Waals surface area contributed by atoms with Crippen LogP contribution in [0.25, 0.3) is 0 Å². The third-order valence-electron chi connectivity index (χ3n) is 1.98. The Balaban J connectivity index is -0.000000303. The molecule has 0 heterocycles. The van der Waals surface area contributed by atoms with Crippen molar-refractivity contribution in [3.63, 3.8) is 0 Å². The minimum atomic E-state index is -4.18. The summed E-state index contributed by atoms with van der Waals surface area (Å²) in [6, 6.07) is 9.62. The Morgan fingerprint density at radius 1 is 0.667 bits per heavy atom. The van der Waals surface area contributed by atoms with Gasteiger partial charge in [-0.05, 0) is 0 Å². The molecule has 148 valence electrons. The summed E-state index contributed by atoms with van der Waals surface area (Å²) >= 11 is 0. The molecule has 0 N–H and O–H groups in total. The summed E-state index contributed by atoms with van der Waals surface area (Å²) in [4.78, 5) is 0. The van der Waals surface area contributed by atoms with Crippen LogP contribution < -0.4 is 10.2 Å². The average Bonchev–Trinajstić information content (AvgIpc) is 3.11. The quantitative estimate of drug-likeness (QED) is 0.205. The third-order valence-corrected chi connectivity index (χ3v) is 1.98. The smallest absolute Gasteiger partial charge is 0.876 e. The average molecular weight is 559 g/mol. The predicted octanol–water partition coefficient (Wildman–Crippen LogP) is 4.61. The molecule has 9 heteroatoms. The van der Waals surface area contributed by atoms with Crippen molar-refractivity contribution in [2.24, 2.45) is 0 Å². The second kappa shape index (κ2) is 14.3. The van der Waals surface area contributed by atoms with E-state index in [1.165, 1.54) is 38.1 Å². The van der Waals surface area contributed by atoms with Crippen molar-refractivity contribution >= 4 is 0 Å². The Bertz CT molecular complexity index is 547. The van der Waals surface area contributed by atoms with Crippen molar-refractivity contribution in [1.82, 2.24) is 0 Å². The van der Waals surface area contributed by atoms with Crippen molar-refractivity contribution in [3.05, 3.63) is 84.3 Å². The summed E-state index contributed by atoms with van der Waals surface area (Å²) in [5.74, 6) is -0.167. The number of rotatable bonds is 0. The van der Waals surface area contributed by atoms with Crippen molar-refractivity contribution in [3.8, 4) is 0 Å². The molecule has 2 nitrogen and oxygen atoms in total. The van der Waals surface area contributed by atoms with Crippen LogP contribution in [0.2, 0.25) is 0 Å². The van der Waals surface area contributed by atoms with Crippen molar-refractivity contribution in [2.75, 3.05) is 0 Å². The van der Waals surface area contributed by atoms with E-state index in [4.69, 9.17) is 0 Å². The van der Waals surface area contributed by atoms with Crippen LogP contribution in [0.15, 0.2) is 73.2 Å². The molecule has 0 spiro atoms. The Morgan fingerprint density at radius 2 is 0.815 bits per heavy atom. The first kappa shape index (κ1) is 30.0. The van der Waals surface area contributed by atoms with Gasteiger partial charge in [0.1, 0.15) is 0 Å². The van der Waals surface area contributed by atoms with Crippen molar-refractivity contribution in [1.29, 1.82) is 0 Å². The zero-order valence-corrected chi connectivity index (χ0v) is 18.2. The minimum absolute atomic E-state index is 0. The van der Waals surface area contributed by atoms with Gasteiger partial charge >= 0.3 is 38.2 Å². The van der Waals surface area contributed by atoms with Crippen molar-refractivity contribution < 1.29 is 62.4 Å². The van der Waals surface area contributed by atoms with Crippen LogP contribution in [0.3, 0.4) is 0 Å². The maximum Gasteiger partial charge on any atom is 4.00 e. The molecule has 0 bridgehead atoms. The fourth-order valence-electron chi connectivity index (χ4n) is 1.13. The van der Waals surface area contributed by atoms with E-state index in [1.54, 1.807) is 0 Å². The molecule has 2 rings (SSSR count). The van der Waals surface area contributed by atoms with Crippen LogP contribution in [-0.4, -0.2) is 0 Å². The van der Waals surface area contributed by atoms with Crippen molar-refractivity contribution in [2.45, 2.75) is 26.2 Å². The van der Waals surface area contributed by atoms with Gasteiger partial charge in [0, 0.05) is 0 Å². The van der Waals surface area contributed by atoms with E-state index in [2.05, 4.69) is 13.2 Å². The second-order valence-electron chi connectivity index (χ2n) is 4.75. The molecule has 0 aromatic heterocycles. The molecule has 0 aliphatic heterocycles. The number of halogens is 6. The Morgan fingerprint density at radius 3 is 0.889 bits per heavy atom. The molecule has 0 aliphatic rings. The van der Waals surface area contributed by atoms with E-state index in [0.717, 1.165) is 24.3 Å². The van der Waals surface area contributed by atoms with Gasteiger partial charge in [0.15, 0.2) is 0 Å². The normalized spacial score (nSPS) is 9.78. The second-order valence-corrected chi connectivity index (χ2v) is 4.75. The van der Waals surface area contributed by atoms with Crippen LogP contribution >= 0.6 is 0 Å². The molecule has 0 radical (unpaired) electrons. The van der Waals surface area contributed by atoms with Crippen LogP contribution in [0.4, 0.5) is 26.3 Å². The molecular weight excluding hydrogens is 541 g/mol. The number of alkyl halides is 6. The summed E-state index contributed by atoms with van der Waals surface area (Å²) in [6.07, 6.45) is -8.35. The van der Waals surface area contributed by atoms with E-state index in [0.29, 0.717) is 0 Å². The van der Waals surface area contributed by atoms with Crippen LogP contribution in [0.1, 0.15) is 25.0 Å². The van der Waals surface area contributed by atoms with E-state index >= 15 is 0 Å². The number of hydrogen-bond acceptors (Lipinski definition) is 2. The van der Waals surface area contributed by atoms with E-state index in [1.807, 2.05) is 0 Å². The molecule has 27 heavy (non-hydrogen) atoms. The zero-order valence-electron chi connectivity index (χ0n) is 14.6. The zero-order chi connectivity index (χ0) is 21.0. The van der Waals surface area contributed by atoms with Gasteiger partial charge in [-0.3, -0.25) is 0 Å². The molecule has 2 aromatic rings. The predicted molar refractivity (Wildman–Crippen MR) is 83.7 cm³/mol. The summed E-state index contributed by atoms with van der Waals surface area (Å²) in [5, 5.41) is 18.7. The summed E-state index contributed by atoms with van der Waals surface area (Å²) in [7, 11) is 0. The molecule has 0 saturated carbocycles. The first-order valence-electron chi connectivity index (χ1n) is 6.90. The van der Waals surface area contributed by atoms with Crippen LogP contribution in [0, 0.1) is 0 Å². The molecule has 0 fully saturated rings. The first-order valence-corrected chi connectivity index (χ1v) is 6.90. The van der Waals surface area contributed by atoms with Gasteiger partial charge in [0.05, 0.1) is 0 Å². The van der Waals surface area contributed by atoms with Gasteiger partial charge < -0.3 is 10.2 Å². The molecule has 0 atom stereocenters. The SMILES string of the molecule is C=C(C)[O-].C=C(C)[O-].FC(F)(F)[c-]1cccc1.FC(F)(F)[c-]1cccc1.[Hf+4]. The maximum absolute atomic E-state index is 11.6. The summed E-state index contributed by atoms with van der Waals surface area (Å²) in [6.45, 7) is 8.83. The van der Waals surface area contributed by atoms with Crippen LogP contribution in [0.5, 0.6) is 0 Å². The summed E-state index contributed by atoms with van der Waals surface area (Å²) in [5.41, 5.74) is -1.16. The fraction of sp³-hybridized carbons (Fsp3) is 0.222. The van der Waals surface area contributed by atoms with E-state index in [9.17, 15) is 36.6 Å². The van der Waals surface area contributed by atoms with Gasteiger partial charge in [-0.1, -0.05) is 25.0 Å². The topological polar surface area (TPSA) is 46.1 Å². The standard InChI is InChI=1S/2C6H4F3.2C3H6O.Hf/c2*7-6(8,9)5-3-1-2-4-5;2*1-3(2)4;/h2*1-4H;2*4H,1H2,2H3;/q2*-1;;;+4/p-2. The summed E-state index contributed by atoms with van der Waals surface area (Å²) < 4.78 is 69.7. The molecule has 0 unspecified atom stereocenters. The molecular formula is C18H18F6HfO2. The van der Waals surface area contributed by atoms with Gasteiger partial charge in [-0.25, -0.2) is 24.3 Å². The Labute approximate surface area is 173 Å². The monoisotopic (exact) mass is 560 g/mol. The molecule has 2 aromatic carbocycles. The maximum atomic E-state index is 11.6. The van der Waals surface area contributed by atoms with Gasteiger partial charge in [0.2, 0.25) is 0 Å². The number of hydrogen-bond donors (Lipinski definition) is 0. The minimum Gasteiger partial charge on any atom is -0.876 e. The van der Waals surface area contributed by atoms with E-state index < -0.39 is 23.5 Å². The van der Waals surface area contributed by atoms with Gasteiger partial charge in [0.25, 0.3) is 0 Å².